The van der Waals surface area contributed by atoms with Crippen LogP contribution in [0.5, 0.6) is 0 Å². The number of unbranched alkanes of at least 4 members (excludes halogenated alkanes) is 1. The van der Waals surface area contributed by atoms with Gasteiger partial charge in [-0.05, 0) is 25.8 Å². The van der Waals surface area contributed by atoms with E-state index in [9.17, 15) is 0 Å². The Hall–Kier alpha value is -0.830. The third kappa shape index (κ3) is 5.57. The predicted octanol–water partition coefficient (Wildman–Crippen LogP) is 2.63. The molecule has 3 nitrogen and oxygen atoms in total. The highest BCUT2D eigenvalue weighted by Crippen LogP contribution is 2.05. The van der Waals surface area contributed by atoms with Crippen molar-refractivity contribution >= 4 is 0 Å². The molecule has 1 aromatic heterocycles. The fourth-order valence-corrected chi connectivity index (χ4v) is 1.59. The van der Waals surface area contributed by atoms with E-state index >= 15 is 0 Å². The second kappa shape index (κ2) is 6.62. The molecule has 0 aliphatic heterocycles. The zero-order chi connectivity index (χ0) is 11.1. The third-order valence-electron chi connectivity index (χ3n) is 2.46. The third-order valence-corrected chi connectivity index (χ3v) is 2.46. The Balaban J connectivity index is 1.98. The first-order valence-electron chi connectivity index (χ1n) is 5.89. The molecule has 0 saturated carbocycles. The van der Waals surface area contributed by atoms with E-state index in [1.54, 1.807) is 0 Å². The minimum atomic E-state index is 0.834. The van der Waals surface area contributed by atoms with Crippen LogP contribution in [-0.2, 0) is 6.54 Å². The Morgan fingerprint density at radius 2 is 2.20 bits per heavy atom. The van der Waals surface area contributed by atoms with E-state index in [1.165, 1.54) is 25.0 Å². The first kappa shape index (κ1) is 12.2. The standard InChI is InChI=1S/C12H23N3/c1-10(2)6-4-5-7-13-8-12-9-14-11(3)15-12/h9-10,13H,4-8H2,1-3H3,(H,14,15). The Bertz CT molecular complexity index is 266. The Morgan fingerprint density at radius 1 is 1.40 bits per heavy atom. The number of aromatic nitrogens is 2. The van der Waals surface area contributed by atoms with Gasteiger partial charge in [-0.15, -0.1) is 0 Å². The van der Waals surface area contributed by atoms with Gasteiger partial charge in [0.25, 0.3) is 0 Å². The highest BCUT2D eigenvalue weighted by Gasteiger charge is 1.96. The van der Waals surface area contributed by atoms with Crippen molar-refractivity contribution in [2.24, 2.45) is 5.92 Å². The van der Waals surface area contributed by atoms with Crippen molar-refractivity contribution < 1.29 is 0 Å². The van der Waals surface area contributed by atoms with E-state index < -0.39 is 0 Å². The molecule has 2 N–H and O–H groups in total. The molecule has 0 atom stereocenters. The monoisotopic (exact) mass is 209 g/mol. The summed E-state index contributed by atoms with van der Waals surface area (Å²) in [5, 5.41) is 3.42. The second-order valence-corrected chi connectivity index (χ2v) is 4.56. The average molecular weight is 209 g/mol. The maximum absolute atomic E-state index is 4.16. The van der Waals surface area contributed by atoms with Gasteiger partial charge in [-0.25, -0.2) is 4.98 Å². The topological polar surface area (TPSA) is 40.7 Å². The smallest absolute Gasteiger partial charge is 0.103 e. The molecule has 1 aromatic rings. The van der Waals surface area contributed by atoms with Gasteiger partial charge in [-0.2, -0.15) is 0 Å². The van der Waals surface area contributed by atoms with Gasteiger partial charge in [-0.3, -0.25) is 0 Å². The van der Waals surface area contributed by atoms with Gasteiger partial charge in [0.15, 0.2) is 0 Å². The van der Waals surface area contributed by atoms with Crippen LogP contribution in [0.2, 0.25) is 0 Å². The maximum atomic E-state index is 4.16. The molecule has 1 rings (SSSR count). The van der Waals surface area contributed by atoms with Crippen LogP contribution in [0.25, 0.3) is 0 Å². The van der Waals surface area contributed by atoms with Crippen LogP contribution in [0.4, 0.5) is 0 Å². The van der Waals surface area contributed by atoms with E-state index in [-0.39, 0.29) is 0 Å². The van der Waals surface area contributed by atoms with Gasteiger partial charge in [0.2, 0.25) is 0 Å². The lowest BCUT2D eigenvalue weighted by molar-refractivity contribution is 0.519. The van der Waals surface area contributed by atoms with Gasteiger partial charge < -0.3 is 10.3 Å². The molecule has 0 aliphatic rings. The summed E-state index contributed by atoms with van der Waals surface area (Å²) >= 11 is 0. The fraction of sp³-hybridized carbons (Fsp3) is 0.750. The molecule has 0 unspecified atom stereocenters. The van der Waals surface area contributed by atoms with Crippen molar-refractivity contribution in [2.45, 2.75) is 46.6 Å². The Labute approximate surface area is 92.7 Å². The lowest BCUT2D eigenvalue weighted by Gasteiger charge is -2.05. The average Bonchev–Trinajstić information content (AvgIpc) is 2.57. The molecule has 0 spiro atoms. The maximum Gasteiger partial charge on any atom is 0.103 e. The molecule has 86 valence electrons. The summed E-state index contributed by atoms with van der Waals surface area (Å²) in [7, 11) is 0. The van der Waals surface area contributed by atoms with Crippen LogP contribution in [-0.4, -0.2) is 16.5 Å². The number of rotatable bonds is 7. The van der Waals surface area contributed by atoms with Crippen molar-refractivity contribution in [3.05, 3.63) is 17.7 Å². The summed E-state index contributed by atoms with van der Waals surface area (Å²) < 4.78 is 0. The van der Waals surface area contributed by atoms with Crippen molar-refractivity contribution in [2.75, 3.05) is 6.54 Å². The minimum absolute atomic E-state index is 0.834. The number of aryl methyl sites for hydroxylation is 1. The van der Waals surface area contributed by atoms with Crippen molar-refractivity contribution in [3.8, 4) is 0 Å². The molecule has 0 aliphatic carbocycles. The number of hydrogen-bond acceptors (Lipinski definition) is 2. The second-order valence-electron chi connectivity index (χ2n) is 4.56. The van der Waals surface area contributed by atoms with Crippen LogP contribution in [0.3, 0.4) is 0 Å². The van der Waals surface area contributed by atoms with Crippen LogP contribution >= 0.6 is 0 Å². The summed E-state index contributed by atoms with van der Waals surface area (Å²) in [6.07, 6.45) is 5.83. The number of nitrogens with one attached hydrogen (secondary N) is 2. The number of H-pyrrole nitrogens is 1. The van der Waals surface area contributed by atoms with Crippen LogP contribution in [0, 0.1) is 12.8 Å². The van der Waals surface area contributed by atoms with Gasteiger partial charge in [0.1, 0.15) is 5.82 Å². The van der Waals surface area contributed by atoms with Crippen LogP contribution in [0.1, 0.15) is 44.6 Å². The number of nitrogens with zero attached hydrogens (tertiary/aromatic N) is 1. The van der Waals surface area contributed by atoms with Gasteiger partial charge in [0.05, 0.1) is 0 Å². The van der Waals surface area contributed by atoms with E-state index in [4.69, 9.17) is 0 Å². The molecule has 0 amide bonds. The quantitative estimate of drug-likeness (QED) is 0.678. The molecule has 0 saturated heterocycles. The highest BCUT2D eigenvalue weighted by molar-refractivity contribution is 4.98. The van der Waals surface area contributed by atoms with Gasteiger partial charge >= 0.3 is 0 Å². The van der Waals surface area contributed by atoms with Crippen LogP contribution < -0.4 is 5.32 Å². The molecule has 15 heavy (non-hydrogen) atoms. The molecule has 0 aromatic carbocycles. The van der Waals surface area contributed by atoms with Gasteiger partial charge in [0, 0.05) is 18.4 Å². The molecule has 1 heterocycles. The predicted molar refractivity (Wildman–Crippen MR) is 63.7 cm³/mol. The normalized spacial score (nSPS) is 11.2. The van der Waals surface area contributed by atoms with Crippen molar-refractivity contribution in [1.29, 1.82) is 0 Å². The molecular formula is C12H23N3. The molecule has 0 radical (unpaired) electrons. The summed E-state index contributed by atoms with van der Waals surface area (Å²) in [6, 6.07) is 0. The van der Waals surface area contributed by atoms with Crippen LogP contribution in [0.15, 0.2) is 6.20 Å². The van der Waals surface area contributed by atoms with E-state index in [2.05, 4.69) is 29.1 Å². The zero-order valence-electron chi connectivity index (χ0n) is 10.1. The summed E-state index contributed by atoms with van der Waals surface area (Å²) in [4.78, 5) is 7.37. The minimum Gasteiger partial charge on any atom is -0.345 e. The fourth-order valence-electron chi connectivity index (χ4n) is 1.59. The number of hydrogen-bond donors (Lipinski definition) is 2. The summed E-state index contributed by atoms with van der Waals surface area (Å²) in [5.41, 5.74) is 1.18. The van der Waals surface area contributed by atoms with E-state index in [0.717, 1.165) is 24.8 Å². The first-order chi connectivity index (χ1) is 7.18. The Kier molecular flexibility index (Phi) is 5.40. The number of imidazole rings is 1. The Morgan fingerprint density at radius 3 is 2.80 bits per heavy atom. The van der Waals surface area contributed by atoms with Crippen molar-refractivity contribution in [3.63, 3.8) is 0 Å². The van der Waals surface area contributed by atoms with Gasteiger partial charge in [-0.1, -0.05) is 26.7 Å². The number of aromatic amines is 1. The molecular weight excluding hydrogens is 186 g/mol. The zero-order valence-corrected chi connectivity index (χ0v) is 10.1. The molecule has 0 bridgehead atoms. The largest absolute Gasteiger partial charge is 0.345 e. The lowest BCUT2D eigenvalue weighted by atomic mass is 10.1. The van der Waals surface area contributed by atoms with Crippen molar-refractivity contribution in [1.82, 2.24) is 15.3 Å². The van der Waals surface area contributed by atoms with E-state index in [1.807, 2.05) is 13.1 Å². The van der Waals surface area contributed by atoms with E-state index in [0.29, 0.717) is 0 Å². The molecule has 0 fully saturated rings. The molecule has 3 heteroatoms. The summed E-state index contributed by atoms with van der Waals surface area (Å²) in [5.74, 6) is 1.83. The summed E-state index contributed by atoms with van der Waals surface area (Å²) in [6.45, 7) is 8.54. The SMILES string of the molecule is Cc1ncc(CNCCCCC(C)C)[nH]1. The lowest BCUT2D eigenvalue weighted by Crippen LogP contribution is -2.15. The first-order valence-corrected chi connectivity index (χ1v) is 5.89. The highest BCUT2D eigenvalue weighted by atomic mass is 14.9.